The van der Waals surface area contributed by atoms with E-state index in [-0.39, 0.29) is 18.6 Å². The van der Waals surface area contributed by atoms with Crippen molar-refractivity contribution >= 4 is 23.6 Å². The van der Waals surface area contributed by atoms with E-state index in [4.69, 9.17) is 4.74 Å². The van der Waals surface area contributed by atoms with Gasteiger partial charge in [-0.3, -0.25) is 24.1 Å². The Morgan fingerprint density at radius 1 is 1.33 bits per heavy atom. The fourth-order valence-electron chi connectivity index (χ4n) is 1.84. The van der Waals surface area contributed by atoms with Crippen molar-refractivity contribution in [2.45, 2.75) is 25.0 Å². The molecule has 2 amide bonds. The summed E-state index contributed by atoms with van der Waals surface area (Å²) in [5.41, 5.74) is 0. The molecule has 1 fully saturated rings. The molecule has 1 N–H and O–H groups in total. The smallest absolute Gasteiger partial charge is 0.327 e. The average Bonchev–Trinajstić information content (AvgIpc) is 2.79. The van der Waals surface area contributed by atoms with Crippen molar-refractivity contribution in [2.75, 3.05) is 6.54 Å². The Bertz CT molecular complexity index is 436. The number of carbonyl (C=O) groups is 4. The Balaban J connectivity index is 1.91. The van der Waals surface area contributed by atoms with Crippen LogP contribution in [0.4, 0.5) is 0 Å². The first-order chi connectivity index (χ1) is 8.49. The number of nitrogens with zero attached hydrogens (tertiary/aromatic N) is 1. The zero-order valence-corrected chi connectivity index (χ0v) is 9.37. The SMILES string of the molecule is O=C(CN1C(=O)C=CC1=O)OC1C(=O)CCC1O. The highest BCUT2D eigenvalue weighted by atomic mass is 16.6. The molecule has 2 aliphatic rings. The first-order valence-corrected chi connectivity index (χ1v) is 5.43. The zero-order valence-electron chi connectivity index (χ0n) is 9.37. The molecule has 2 rings (SSSR count). The fraction of sp³-hybridized carbons (Fsp3) is 0.455. The number of Topliss-reactive ketones (excluding diaryl/α,β-unsaturated/α-hetero) is 1. The Hall–Kier alpha value is -2.02. The number of aliphatic hydroxyl groups is 1. The molecule has 0 aromatic heterocycles. The highest BCUT2D eigenvalue weighted by molar-refractivity contribution is 6.14. The summed E-state index contributed by atoms with van der Waals surface area (Å²) in [6, 6.07) is 0. The van der Waals surface area contributed by atoms with Crippen LogP contribution in [0.2, 0.25) is 0 Å². The Morgan fingerprint density at radius 2 is 1.94 bits per heavy atom. The summed E-state index contributed by atoms with van der Waals surface area (Å²) < 4.78 is 4.78. The first kappa shape index (κ1) is 12.4. The summed E-state index contributed by atoms with van der Waals surface area (Å²) in [5, 5.41) is 9.42. The molecule has 0 saturated heterocycles. The molecule has 1 saturated carbocycles. The molecule has 1 heterocycles. The van der Waals surface area contributed by atoms with Crippen LogP contribution in [-0.4, -0.2) is 52.3 Å². The summed E-state index contributed by atoms with van der Waals surface area (Å²) >= 11 is 0. The van der Waals surface area contributed by atoms with E-state index >= 15 is 0 Å². The summed E-state index contributed by atoms with van der Waals surface area (Å²) in [4.78, 5) is 45.8. The van der Waals surface area contributed by atoms with Crippen LogP contribution in [-0.2, 0) is 23.9 Å². The minimum absolute atomic E-state index is 0.155. The molecule has 18 heavy (non-hydrogen) atoms. The van der Waals surface area contributed by atoms with Gasteiger partial charge < -0.3 is 9.84 Å². The molecule has 0 aromatic carbocycles. The van der Waals surface area contributed by atoms with Crippen LogP contribution in [0, 0.1) is 0 Å². The van der Waals surface area contributed by atoms with E-state index in [0.29, 0.717) is 4.90 Å². The third-order valence-electron chi connectivity index (χ3n) is 2.80. The zero-order chi connectivity index (χ0) is 13.3. The van der Waals surface area contributed by atoms with Crippen molar-refractivity contribution in [2.24, 2.45) is 0 Å². The van der Waals surface area contributed by atoms with Gasteiger partial charge in [0.2, 0.25) is 0 Å². The lowest BCUT2D eigenvalue weighted by Gasteiger charge is -2.17. The number of hydrogen-bond acceptors (Lipinski definition) is 6. The van der Waals surface area contributed by atoms with Crippen molar-refractivity contribution < 1.29 is 29.0 Å². The van der Waals surface area contributed by atoms with Crippen LogP contribution in [0.15, 0.2) is 12.2 Å². The molecule has 7 nitrogen and oxygen atoms in total. The molecule has 2 unspecified atom stereocenters. The summed E-state index contributed by atoms with van der Waals surface area (Å²) in [6.45, 7) is -0.554. The summed E-state index contributed by atoms with van der Waals surface area (Å²) in [5.74, 6) is -2.45. The maximum absolute atomic E-state index is 11.5. The molecule has 96 valence electrons. The van der Waals surface area contributed by atoms with Crippen molar-refractivity contribution in [3.8, 4) is 0 Å². The van der Waals surface area contributed by atoms with Gasteiger partial charge in [-0.2, -0.15) is 0 Å². The molecule has 7 heteroatoms. The van der Waals surface area contributed by atoms with Gasteiger partial charge in [-0.15, -0.1) is 0 Å². The number of amides is 2. The van der Waals surface area contributed by atoms with Crippen LogP contribution >= 0.6 is 0 Å². The molecule has 2 atom stereocenters. The monoisotopic (exact) mass is 253 g/mol. The number of imide groups is 1. The van der Waals surface area contributed by atoms with E-state index in [1.807, 2.05) is 0 Å². The van der Waals surface area contributed by atoms with Crippen molar-refractivity contribution in [1.29, 1.82) is 0 Å². The van der Waals surface area contributed by atoms with Crippen LogP contribution in [0.25, 0.3) is 0 Å². The molecule has 1 aliphatic heterocycles. The summed E-state index contributed by atoms with van der Waals surface area (Å²) in [6.07, 6.45) is 0.307. The maximum atomic E-state index is 11.5. The largest absolute Gasteiger partial charge is 0.450 e. The third-order valence-corrected chi connectivity index (χ3v) is 2.80. The molecule has 0 radical (unpaired) electrons. The van der Waals surface area contributed by atoms with Gasteiger partial charge in [-0.1, -0.05) is 0 Å². The highest BCUT2D eigenvalue weighted by Crippen LogP contribution is 2.19. The normalized spacial score (nSPS) is 27.2. The Morgan fingerprint density at radius 3 is 2.44 bits per heavy atom. The van der Waals surface area contributed by atoms with Gasteiger partial charge in [0.25, 0.3) is 11.8 Å². The number of ketones is 1. The predicted molar refractivity (Wildman–Crippen MR) is 56.0 cm³/mol. The number of ether oxygens (including phenoxy) is 1. The predicted octanol–water partition coefficient (Wildman–Crippen LogP) is -1.45. The number of carbonyl (C=O) groups excluding carboxylic acids is 4. The highest BCUT2D eigenvalue weighted by Gasteiger charge is 2.37. The van der Waals surface area contributed by atoms with Crippen LogP contribution in [0.3, 0.4) is 0 Å². The molecular formula is C11H11NO6. The lowest BCUT2D eigenvalue weighted by atomic mass is 10.2. The Kier molecular flexibility index (Phi) is 3.24. The van der Waals surface area contributed by atoms with E-state index in [1.54, 1.807) is 0 Å². The summed E-state index contributed by atoms with van der Waals surface area (Å²) in [7, 11) is 0. The fourth-order valence-corrected chi connectivity index (χ4v) is 1.84. The van der Waals surface area contributed by atoms with E-state index in [1.165, 1.54) is 0 Å². The second kappa shape index (κ2) is 4.69. The minimum Gasteiger partial charge on any atom is -0.450 e. The van der Waals surface area contributed by atoms with Crippen molar-refractivity contribution in [3.05, 3.63) is 12.2 Å². The lowest BCUT2D eigenvalue weighted by molar-refractivity contribution is -0.161. The molecule has 1 aliphatic carbocycles. The van der Waals surface area contributed by atoms with Crippen molar-refractivity contribution in [1.82, 2.24) is 4.90 Å². The first-order valence-electron chi connectivity index (χ1n) is 5.43. The Labute approximate surface area is 102 Å². The van der Waals surface area contributed by atoms with Gasteiger partial charge in [-0.05, 0) is 6.42 Å². The second-order valence-corrected chi connectivity index (χ2v) is 4.08. The van der Waals surface area contributed by atoms with Crippen LogP contribution in [0.1, 0.15) is 12.8 Å². The van der Waals surface area contributed by atoms with Gasteiger partial charge in [0, 0.05) is 18.6 Å². The number of rotatable bonds is 3. The number of esters is 1. The topological polar surface area (TPSA) is 101 Å². The van der Waals surface area contributed by atoms with Crippen molar-refractivity contribution in [3.63, 3.8) is 0 Å². The molecule has 0 bridgehead atoms. The van der Waals surface area contributed by atoms with E-state index in [9.17, 15) is 24.3 Å². The molecule has 0 spiro atoms. The standard InChI is InChI=1S/C11H11NO6/c13-6-1-2-7(14)11(6)18-10(17)5-12-8(15)3-4-9(12)16/h3-4,6,11,13H,1-2,5H2. The van der Waals surface area contributed by atoms with E-state index in [0.717, 1.165) is 12.2 Å². The van der Waals surface area contributed by atoms with Gasteiger partial charge in [0.1, 0.15) is 6.54 Å². The van der Waals surface area contributed by atoms with E-state index < -0.39 is 36.5 Å². The lowest BCUT2D eigenvalue weighted by Crippen LogP contribution is -2.39. The van der Waals surface area contributed by atoms with E-state index in [2.05, 4.69) is 0 Å². The van der Waals surface area contributed by atoms with Crippen LogP contribution < -0.4 is 0 Å². The van der Waals surface area contributed by atoms with Crippen LogP contribution in [0.5, 0.6) is 0 Å². The minimum atomic E-state index is -1.18. The third kappa shape index (κ3) is 2.30. The maximum Gasteiger partial charge on any atom is 0.327 e. The second-order valence-electron chi connectivity index (χ2n) is 4.08. The quantitative estimate of drug-likeness (QED) is 0.487. The average molecular weight is 253 g/mol. The molecule has 0 aromatic rings. The van der Waals surface area contributed by atoms with Gasteiger partial charge in [0.15, 0.2) is 11.9 Å². The number of aliphatic hydroxyl groups excluding tert-OH is 1. The molecular weight excluding hydrogens is 242 g/mol. The van der Waals surface area contributed by atoms with Gasteiger partial charge in [-0.25, -0.2) is 0 Å². The number of hydrogen-bond donors (Lipinski definition) is 1. The van der Waals surface area contributed by atoms with Gasteiger partial charge >= 0.3 is 5.97 Å². The van der Waals surface area contributed by atoms with Gasteiger partial charge in [0.05, 0.1) is 6.10 Å².